The van der Waals surface area contributed by atoms with Gasteiger partial charge in [-0.1, -0.05) is 48.5 Å². The molecule has 3 N–H and O–H groups in total. The summed E-state index contributed by atoms with van der Waals surface area (Å²) < 4.78 is 0. The number of carbonyl (C=O) groups is 1. The van der Waals surface area contributed by atoms with E-state index >= 15 is 0 Å². The second-order valence-electron chi connectivity index (χ2n) is 6.64. The first-order chi connectivity index (χ1) is 12.0. The zero-order chi connectivity index (χ0) is 17.8. The third-order valence-electron chi connectivity index (χ3n) is 4.76. The number of hydrogen-bond donors (Lipinski definition) is 2. The van der Waals surface area contributed by atoms with E-state index in [2.05, 4.69) is 73.9 Å². The van der Waals surface area contributed by atoms with E-state index in [0.29, 0.717) is 6.54 Å². The SMILES string of the molecule is Cc1ccc(NC(=O)C[NH2+][C@H](C)c2cccc3ccccc23)cc1C. The van der Waals surface area contributed by atoms with Crippen LogP contribution in [0.25, 0.3) is 10.8 Å². The first-order valence-electron chi connectivity index (χ1n) is 8.72. The van der Waals surface area contributed by atoms with Crippen LogP contribution in [0.3, 0.4) is 0 Å². The summed E-state index contributed by atoms with van der Waals surface area (Å²) in [5.74, 6) is 0.0235. The molecule has 0 aliphatic rings. The Kier molecular flexibility index (Phi) is 5.15. The van der Waals surface area contributed by atoms with Gasteiger partial charge in [0.05, 0.1) is 0 Å². The number of fused-ring (bicyclic) bond motifs is 1. The minimum atomic E-state index is 0.0235. The predicted molar refractivity (Wildman–Crippen MR) is 104 cm³/mol. The van der Waals surface area contributed by atoms with Crippen molar-refractivity contribution in [2.24, 2.45) is 0 Å². The first-order valence-corrected chi connectivity index (χ1v) is 8.72. The number of anilines is 1. The van der Waals surface area contributed by atoms with Gasteiger partial charge in [-0.3, -0.25) is 4.79 Å². The summed E-state index contributed by atoms with van der Waals surface area (Å²) in [6.45, 7) is 6.67. The lowest BCUT2D eigenvalue weighted by Crippen LogP contribution is -2.86. The first kappa shape index (κ1) is 17.2. The lowest BCUT2D eigenvalue weighted by molar-refractivity contribution is -0.682. The number of quaternary nitrogens is 1. The van der Waals surface area contributed by atoms with Gasteiger partial charge in [-0.2, -0.15) is 0 Å². The summed E-state index contributed by atoms with van der Waals surface area (Å²) in [5.41, 5.74) is 4.54. The van der Waals surface area contributed by atoms with E-state index < -0.39 is 0 Å². The van der Waals surface area contributed by atoms with E-state index in [1.54, 1.807) is 0 Å². The number of benzene rings is 3. The molecule has 128 valence electrons. The number of nitrogens with one attached hydrogen (secondary N) is 1. The summed E-state index contributed by atoms with van der Waals surface area (Å²) in [5, 5.41) is 7.55. The maximum atomic E-state index is 12.3. The van der Waals surface area contributed by atoms with E-state index in [1.807, 2.05) is 18.2 Å². The van der Waals surface area contributed by atoms with Gasteiger partial charge in [0, 0.05) is 11.3 Å². The summed E-state index contributed by atoms with van der Waals surface area (Å²) in [6, 6.07) is 20.9. The second kappa shape index (κ2) is 7.49. The fourth-order valence-electron chi connectivity index (χ4n) is 3.09. The van der Waals surface area contributed by atoms with Gasteiger partial charge < -0.3 is 10.6 Å². The minimum absolute atomic E-state index is 0.0235. The topological polar surface area (TPSA) is 45.7 Å². The molecular weight excluding hydrogens is 308 g/mol. The maximum Gasteiger partial charge on any atom is 0.279 e. The number of nitrogens with two attached hydrogens (primary N) is 1. The molecule has 3 heteroatoms. The highest BCUT2D eigenvalue weighted by atomic mass is 16.1. The van der Waals surface area contributed by atoms with E-state index in [-0.39, 0.29) is 11.9 Å². The largest absolute Gasteiger partial charge is 0.332 e. The molecule has 3 aromatic rings. The molecule has 1 atom stereocenters. The smallest absolute Gasteiger partial charge is 0.279 e. The van der Waals surface area contributed by atoms with Gasteiger partial charge in [0.25, 0.3) is 5.91 Å². The van der Waals surface area contributed by atoms with Crippen molar-refractivity contribution >= 4 is 22.4 Å². The fourth-order valence-corrected chi connectivity index (χ4v) is 3.09. The Hall–Kier alpha value is -2.65. The Bertz CT molecular complexity index is 896. The molecule has 0 saturated carbocycles. The predicted octanol–water partition coefficient (Wildman–Crippen LogP) is 3.72. The van der Waals surface area contributed by atoms with Crippen molar-refractivity contribution < 1.29 is 10.1 Å². The van der Waals surface area contributed by atoms with Crippen LogP contribution < -0.4 is 10.6 Å². The van der Waals surface area contributed by atoms with Crippen molar-refractivity contribution in [1.82, 2.24) is 0 Å². The third kappa shape index (κ3) is 4.06. The number of amides is 1. The zero-order valence-electron chi connectivity index (χ0n) is 15.0. The molecule has 0 heterocycles. The number of hydrogen-bond acceptors (Lipinski definition) is 1. The molecule has 0 spiro atoms. The van der Waals surface area contributed by atoms with Crippen LogP contribution >= 0.6 is 0 Å². The monoisotopic (exact) mass is 333 g/mol. The number of aryl methyl sites for hydroxylation is 2. The van der Waals surface area contributed by atoms with Gasteiger partial charge in [0.1, 0.15) is 6.04 Å². The van der Waals surface area contributed by atoms with Gasteiger partial charge in [-0.15, -0.1) is 0 Å². The summed E-state index contributed by atoms with van der Waals surface area (Å²) in [6.07, 6.45) is 0. The number of carbonyl (C=O) groups excluding carboxylic acids is 1. The fraction of sp³-hybridized carbons (Fsp3) is 0.227. The van der Waals surface area contributed by atoms with Crippen LogP contribution in [0.4, 0.5) is 5.69 Å². The average Bonchev–Trinajstić information content (AvgIpc) is 2.62. The van der Waals surface area contributed by atoms with Crippen LogP contribution in [0.1, 0.15) is 29.7 Å². The van der Waals surface area contributed by atoms with Crippen LogP contribution in [-0.4, -0.2) is 12.5 Å². The van der Waals surface area contributed by atoms with Gasteiger partial charge in [-0.05, 0) is 54.8 Å². The molecule has 0 aliphatic heterocycles. The molecule has 3 nitrogen and oxygen atoms in total. The van der Waals surface area contributed by atoms with Crippen LogP contribution in [-0.2, 0) is 4.79 Å². The van der Waals surface area contributed by atoms with Crippen LogP contribution in [0.15, 0.2) is 60.7 Å². The van der Waals surface area contributed by atoms with Gasteiger partial charge in [-0.25, -0.2) is 0 Å². The van der Waals surface area contributed by atoms with Crippen molar-refractivity contribution in [2.75, 3.05) is 11.9 Å². The van der Waals surface area contributed by atoms with E-state index in [9.17, 15) is 4.79 Å². The standard InChI is InChI=1S/C22H24N2O/c1-15-11-12-19(13-16(15)2)24-22(25)14-23-17(3)20-10-6-8-18-7-4-5-9-21(18)20/h4-13,17,23H,14H2,1-3H3,(H,24,25)/p+1/t17-/m1/s1. The molecule has 1 amide bonds. The molecule has 25 heavy (non-hydrogen) atoms. The number of rotatable bonds is 5. The molecule has 3 aromatic carbocycles. The van der Waals surface area contributed by atoms with Crippen LogP contribution in [0, 0.1) is 13.8 Å². The van der Waals surface area contributed by atoms with Gasteiger partial charge in [0.2, 0.25) is 0 Å². The van der Waals surface area contributed by atoms with Crippen molar-refractivity contribution in [2.45, 2.75) is 26.8 Å². The molecule has 0 fully saturated rings. The Morgan fingerprint density at radius 1 is 1.00 bits per heavy atom. The Morgan fingerprint density at radius 3 is 2.56 bits per heavy atom. The molecule has 0 aliphatic carbocycles. The minimum Gasteiger partial charge on any atom is -0.332 e. The average molecular weight is 333 g/mol. The van der Waals surface area contributed by atoms with Crippen molar-refractivity contribution in [3.05, 3.63) is 77.4 Å². The van der Waals surface area contributed by atoms with Crippen LogP contribution in [0.2, 0.25) is 0 Å². The Labute approximate surface area is 149 Å². The van der Waals surface area contributed by atoms with Crippen molar-refractivity contribution in [3.8, 4) is 0 Å². The third-order valence-corrected chi connectivity index (χ3v) is 4.76. The highest BCUT2D eigenvalue weighted by Gasteiger charge is 2.14. The van der Waals surface area contributed by atoms with E-state index in [0.717, 1.165) is 5.69 Å². The molecule has 0 bridgehead atoms. The molecule has 0 unspecified atom stereocenters. The normalized spacial score (nSPS) is 12.1. The highest BCUT2D eigenvalue weighted by Crippen LogP contribution is 2.22. The van der Waals surface area contributed by atoms with E-state index in [4.69, 9.17) is 0 Å². The molecule has 0 radical (unpaired) electrons. The summed E-state index contributed by atoms with van der Waals surface area (Å²) >= 11 is 0. The molecule has 0 saturated heterocycles. The lowest BCUT2D eigenvalue weighted by Gasteiger charge is -2.14. The quantitative estimate of drug-likeness (QED) is 0.734. The zero-order valence-corrected chi connectivity index (χ0v) is 15.0. The van der Waals surface area contributed by atoms with Gasteiger partial charge in [0.15, 0.2) is 6.54 Å². The summed E-state index contributed by atoms with van der Waals surface area (Å²) in [7, 11) is 0. The van der Waals surface area contributed by atoms with E-state index in [1.165, 1.54) is 27.5 Å². The molecule has 0 aromatic heterocycles. The maximum absolute atomic E-state index is 12.3. The Morgan fingerprint density at radius 2 is 1.76 bits per heavy atom. The summed E-state index contributed by atoms with van der Waals surface area (Å²) in [4.78, 5) is 12.3. The molecular formula is C22H25N2O+. The van der Waals surface area contributed by atoms with Crippen LogP contribution in [0.5, 0.6) is 0 Å². The van der Waals surface area contributed by atoms with Gasteiger partial charge >= 0.3 is 0 Å². The Balaban J connectivity index is 1.64. The highest BCUT2D eigenvalue weighted by molar-refractivity contribution is 5.91. The van der Waals surface area contributed by atoms with Crippen molar-refractivity contribution in [3.63, 3.8) is 0 Å². The van der Waals surface area contributed by atoms with Crippen molar-refractivity contribution in [1.29, 1.82) is 0 Å². The lowest BCUT2D eigenvalue weighted by atomic mass is 10.00. The molecule has 3 rings (SSSR count). The second-order valence-corrected chi connectivity index (χ2v) is 6.64.